The van der Waals surface area contributed by atoms with Crippen LogP contribution in [0.25, 0.3) is 0 Å². The number of carbonyl (C=O) groups excluding carboxylic acids is 1. The number of rotatable bonds is 4. The van der Waals surface area contributed by atoms with Gasteiger partial charge in [-0.3, -0.25) is 4.79 Å². The van der Waals surface area contributed by atoms with Crippen LogP contribution in [0.1, 0.15) is 43.6 Å². The smallest absolute Gasteiger partial charge is 0.261 e. The van der Waals surface area contributed by atoms with Gasteiger partial charge in [0.05, 0.1) is 6.61 Å². The minimum atomic E-state index is -0.222. The van der Waals surface area contributed by atoms with Gasteiger partial charge in [0.1, 0.15) is 5.56 Å². The van der Waals surface area contributed by atoms with E-state index in [-0.39, 0.29) is 11.3 Å². The van der Waals surface area contributed by atoms with Crippen molar-refractivity contribution in [3.05, 3.63) is 53.7 Å². The average Bonchev–Trinajstić information content (AvgIpc) is 2.47. The summed E-state index contributed by atoms with van der Waals surface area (Å²) in [7, 11) is 0. The standard InChI is InChI=1S/C18H22N2O2/c1-5-22-17-15(7-6-12-19-17)16(21)20-14-10-8-13(9-11-14)18(2,3)4/h6-12H,5H2,1-4H3,(H,20,21). The van der Waals surface area contributed by atoms with Crippen molar-refractivity contribution in [2.24, 2.45) is 0 Å². The Hall–Kier alpha value is -2.36. The van der Waals surface area contributed by atoms with Gasteiger partial charge in [-0.25, -0.2) is 4.98 Å². The van der Waals surface area contributed by atoms with Crippen LogP contribution < -0.4 is 10.1 Å². The number of aromatic nitrogens is 1. The van der Waals surface area contributed by atoms with Gasteiger partial charge in [0.2, 0.25) is 5.88 Å². The number of anilines is 1. The topological polar surface area (TPSA) is 51.2 Å². The van der Waals surface area contributed by atoms with E-state index in [1.54, 1.807) is 18.3 Å². The van der Waals surface area contributed by atoms with Gasteiger partial charge >= 0.3 is 0 Å². The third kappa shape index (κ3) is 3.85. The van der Waals surface area contributed by atoms with Gasteiger partial charge in [0, 0.05) is 11.9 Å². The molecular formula is C18H22N2O2. The lowest BCUT2D eigenvalue weighted by Crippen LogP contribution is -2.15. The summed E-state index contributed by atoms with van der Waals surface area (Å²) in [5, 5.41) is 2.88. The van der Waals surface area contributed by atoms with Crippen molar-refractivity contribution in [3.63, 3.8) is 0 Å². The number of ether oxygens (including phenoxy) is 1. The van der Waals surface area contributed by atoms with Gasteiger partial charge in [-0.2, -0.15) is 0 Å². The van der Waals surface area contributed by atoms with E-state index < -0.39 is 0 Å². The Kier molecular flexibility index (Phi) is 4.81. The maximum Gasteiger partial charge on any atom is 0.261 e. The summed E-state index contributed by atoms with van der Waals surface area (Å²) < 4.78 is 5.39. The van der Waals surface area contributed by atoms with Gasteiger partial charge in [-0.05, 0) is 42.2 Å². The summed E-state index contributed by atoms with van der Waals surface area (Å²) >= 11 is 0. The van der Waals surface area contributed by atoms with Crippen LogP contribution in [0.5, 0.6) is 5.88 Å². The highest BCUT2D eigenvalue weighted by Crippen LogP contribution is 2.24. The van der Waals surface area contributed by atoms with E-state index in [0.29, 0.717) is 18.1 Å². The average molecular weight is 298 g/mol. The first-order valence-electron chi connectivity index (χ1n) is 7.41. The molecule has 2 rings (SSSR count). The summed E-state index contributed by atoms with van der Waals surface area (Å²) in [5.74, 6) is 0.133. The number of hydrogen-bond donors (Lipinski definition) is 1. The summed E-state index contributed by atoms with van der Waals surface area (Å²) in [4.78, 5) is 16.5. The zero-order chi connectivity index (χ0) is 16.2. The number of hydrogen-bond acceptors (Lipinski definition) is 3. The second kappa shape index (κ2) is 6.60. The van der Waals surface area contributed by atoms with E-state index in [9.17, 15) is 4.79 Å². The molecule has 0 bridgehead atoms. The van der Waals surface area contributed by atoms with Crippen molar-refractivity contribution in [1.82, 2.24) is 4.98 Å². The number of carbonyl (C=O) groups is 1. The Morgan fingerprint density at radius 3 is 2.45 bits per heavy atom. The third-order valence-corrected chi connectivity index (χ3v) is 3.31. The Balaban J connectivity index is 2.16. The molecule has 0 saturated heterocycles. The number of amides is 1. The summed E-state index contributed by atoms with van der Waals surface area (Å²) in [6.45, 7) is 8.80. The molecule has 1 amide bonds. The molecule has 0 unspecified atom stereocenters. The first-order valence-corrected chi connectivity index (χ1v) is 7.41. The van der Waals surface area contributed by atoms with Crippen molar-refractivity contribution >= 4 is 11.6 Å². The lowest BCUT2D eigenvalue weighted by Gasteiger charge is -2.19. The highest BCUT2D eigenvalue weighted by atomic mass is 16.5. The fourth-order valence-electron chi connectivity index (χ4n) is 2.07. The van der Waals surface area contributed by atoms with Crippen molar-refractivity contribution in [3.8, 4) is 5.88 Å². The third-order valence-electron chi connectivity index (χ3n) is 3.31. The van der Waals surface area contributed by atoms with E-state index in [4.69, 9.17) is 4.74 Å². The molecule has 0 aliphatic carbocycles. The van der Waals surface area contributed by atoms with Crippen molar-refractivity contribution in [2.75, 3.05) is 11.9 Å². The van der Waals surface area contributed by atoms with Crippen molar-refractivity contribution in [1.29, 1.82) is 0 Å². The van der Waals surface area contributed by atoms with Gasteiger partial charge in [-0.15, -0.1) is 0 Å². The fourth-order valence-corrected chi connectivity index (χ4v) is 2.07. The number of pyridine rings is 1. The summed E-state index contributed by atoms with van der Waals surface area (Å²) in [6.07, 6.45) is 1.61. The van der Waals surface area contributed by atoms with E-state index in [1.807, 2.05) is 31.2 Å². The molecule has 1 N–H and O–H groups in total. The Labute approximate surface area is 131 Å². The van der Waals surface area contributed by atoms with E-state index in [1.165, 1.54) is 5.56 Å². The lowest BCUT2D eigenvalue weighted by atomic mass is 9.87. The molecule has 116 valence electrons. The summed E-state index contributed by atoms with van der Waals surface area (Å²) in [5.41, 5.74) is 2.50. The van der Waals surface area contributed by atoms with Gasteiger partial charge in [0.25, 0.3) is 5.91 Å². The molecule has 0 radical (unpaired) electrons. The predicted octanol–water partition coefficient (Wildman–Crippen LogP) is 4.03. The van der Waals surface area contributed by atoms with E-state index in [2.05, 4.69) is 31.1 Å². The molecule has 4 nitrogen and oxygen atoms in total. The predicted molar refractivity (Wildman–Crippen MR) is 88.5 cm³/mol. The summed E-state index contributed by atoms with van der Waals surface area (Å²) in [6, 6.07) is 11.3. The minimum Gasteiger partial charge on any atom is -0.477 e. The Morgan fingerprint density at radius 2 is 1.86 bits per heavy atom. The molecule has 0 spiro atoms. The zero-order valence-electron chi connectivity index (χ0n) is 13.5. The van der Waals surface area contributed by atoms with E-state index >= 15 is 0 Å². The van der Waals surface area contributed by atoms with Gasteiger partial charge < -0.3 is 10.1 Å². The second-order valence-electron chi connectivity index (χ2n) is 6.07. The van der Waals surface area contributed by atoms with Crippen LogP contribution >= 0.6 is 0 Å². The number of nitrogens with zero attached hydrogens (tertiary/aromatic N) is 1. The van der Waals surface area contributed by atoms with Crippen LogP contribution in [0.2, 0.25) is 0 Å². The molecular weight excluding hydrogens is 276 g/mol. The highest BCUT2D eigenvalue weighted by molar-refractivity contribution is 6.05. The molecule has 0 aliphatic rings. The second-order valence-corrected chi connectivity index (χ2v) is 6.07. The molecule has 1 aromatic heterocycles. The molecule has 4 heteroatoms. The zero-order valence-corrected chi connectivity index (χ0v) is 13.5. The Morgan fingerprint density at radius 1 is 1.18 bits per heavy atom. The molecule has 0 aliphatic heterocycles. The van der Waals surface area contributed by atoms with Crippen LogP contribution in [0.4, 0.5) is 5.69 Å². The first kappa shape index (κ1) is 16.0. The largest absolute Gasteiger partial charge is 0.477 e. The maximum atomic E-state index is 12.4. The maximum absolute atomic E-state index is 12.4. The van der Waals surface area contributed by atoms with Gasteiger partial charge in [-0.1, -0.05) is 32.9 Å². The van der Waals surface area contributed by atoms with Gasteiger partial charge in [0.15, 0.2) is 0 Å². The molecule has 22 heavy (non-hydrogen) atoms. The Bertz CT molecular complexity index is 643. The number of benzene rings is 1. The van der Waals surface area contributed by atoms with Crippen LogP contribution in [-0.2, 0) is 5.41 Å². The quantitative estimate of drug-likeness (QED) is 0.927. The van der Waals surface area contributed by atoms with Crippen molar-refractivity contribution in [2.45, 2.75) is 33.1 Å². The molecule has 0 atom stereocenters. The van der Waals surface area contributed by atoms with Crippen LogP contribution in [0.15, 0.2) is 42.6 Å². The van der Waals surface area contributed by atoms with Crippen LogP contribution in [0.3, 0.4) is 0 Å². The SMILES string of the molecule is CCOc1ncccc1C(=O)Nc1ccc(C(C)(C)C)cc1. The van der Waals surface area contributed by atoms with Crippen molar-refractivity contribution < 1.29 is 9.53 Å². The highest BCUT2D eigenvalue weighted by Gasteiger charge is 2.15. The molecule has 1 aromatic carbocycles. The monoisotopic (exact) mass is 298 g/mol. The van der Waals surface area contributed by atoms with Crippen LogP contribution in [0, 0.1) is 0 Å². The van der Waals surface area contributed by atoms with Crippen LogP contribution in [-0.4, -0.2) is 17.5 Å². The number of nitrogens with one attached hydrogen (secondary N) is 1. The first-order chi connectivity index (χ1) is 10.4. The molecule has 2 aromatic rings. The van der Waals surface area contributed by atoms with E-state index in [0.717, 1.165) is 5.69 Å². The fraction of sp³-hybridized carbons (Fsp3) is 0.333. The minimum absolute atomic E-state index is 0.0913. The molecule has 0 saturated carbocycles. The lowest BCUT2D eigenvalue weighted by molar-refractivity contribution is 0.102. The normalized spacial score (nSPS) is 11.1. The molecule has 1 heterocycles. The molecule has 0 fully saturated rings.